The lowest BCUT2D eigenvalue weighted by molar-refractivity contribution is 0.395. The van der Waals surface area contributed by atoms with Crippen LogP contribution in [0.25, 0.3) is 16.9 Å². The van der Waals surface area contributed by atoms with Gasteiger partial charge in [-0.1, -0.05) is 13.0 Å². The van der Waals surface area contributed by atoms with Crippen LogP contribution >= 0.6 is 0 Å². The Hall–Kier alpha value is -2.52. The van der Waals surface area contributed by atoms with Gasteiger partial charge in [0.2, 0.25) is 10.0 Å². The summed E-state index contributed by atoms with van der Waals surface area (Å²) >= 11 is 0. The third-order valence-corrected chi connectivity index (χ3v) is 6.95. The highest BCUT2D eigenvalue weighted by molar-refractivity contribution is 7.89. The van der Waals surface area contributed by atoms with Crippen molar-refractivity contribution >= 4 is 21.5 Å². The Morgan fingerprint density at radius 2 is 2.07 bits per heavy atom. The molecule has 2 heterocycles. The minimum absolute atomic E-state index is 0.279. The molecule has 0 unspecified atom stereocenters. The number of nitrogens with zero attached hydrogens (tertiary/aromatic N) is 5. The molecule has 0 bridgehead atoms. The van der Waals surface area contributed by atoms with E-state index in [4.69, 9.17) is 5.73 Å². The second-order valence-electron chi connectivity index (χ2n) is 7.31. The molecular formula is C19H24N6O2S. The first-order chi connectivity index (χ1) is 13.4. The van der Waals surface area contributed by atoms with Crippen molar-refractivity contribution in [3.8, 4) is 11.3 Å². The zero-order valence-electron chi connectivity index (χ0n) is 16.0. The van der Waals surface area contributed by atoms with E-state index in [1.165, 1.54) is 6.33 Å². The molecule has 1 aromatic carbocycles. The van der Waals surface area contributed by atoms with Crippen LogP contribution in [0, 0.1) is 12.8 Å². The number of aromatic nitrogens is 4. The Kier molecular flexibility index (Phi) is 4.80. The average Bonchev–Trinajstić information content (AvgIpc) is 3.38. The number of nitrogens with two attached hydrogens (primary N) is 1. The number of hydrogen-bond acceptors (Lipinski definition) is 6. The van der Waals surface area contributed by atoms with Gasteiger partial charge in [-0.2, -0.15) is 9.40 Å². The number of fused-ring (bicyclic) bond motifs is 1. The van der Waals surface area contributed by atoms with E-state index >= 15 is 0 Å². The van der Waals surface area contributed by atoms with E-state index in [-0.39, 0.29) is 5.82 Å². The highest BCUT2D eigenvalue weighted by Crippen LogP contribution is 2.33. The molecule has 0 aliphatic heterocycles. The van der Waals surface area contributed by atoms with Crippen LogP contribution in [0.1, 0.15) is 31.7 Å². The lowest BCUT2D eigenvalue weighted by Gasteiger charge is -2.22. The van der Waals surface area contributed by atoms with E-state index in [1.54, 1.807) is 27.2 Å². The molecule has 2 aromatic heterocycles. The smallest absolute Gasteiger partial charge is 0.243 e. The number of nitrogen functional groups attached to an aromatic ring is 1. The summed E-state index contributed by atoms with van der Waals surface area (Å²) in [6.07, 6.45) is 6.01. The van der Waals surface area contributed by atoms with Gasteiger partial charge in [-0.3, -0.25) is 0 Å². The third kappa shape index (κ3) is 3.35. The van der Waals surface area contributed by atoms with Gasteiger partial charge in [0.05, 0.1) is 16.8 Å². The molecule has 1 fully saturated rings. The van der Waals surface area contributed by atoms with Crippen molar-refractivity contribution in [3.05, 3.63) is 36.3 Å². The van der Waals surface area contributed by atoms with Crippen molar-refractivity contribution < 1.29 is 8.42 Å². The molecule has 0 radical (unpaired) electrons. The topological polar surface area (TPSA) is 106 Å². The molecule has 28 heavy (non-hydrogen) atoms. The average molecular weight is 401 g/mol. The minimum Gasteiger partial charge on any atom is -0.381 e. The van der Waals surface area contributed by atoms with Crippen molar-refractivity contribution in [3.63, 3.8) is 0 Å². The van der Waals surface area contributed by atoms with Crippen LogP contribution in [-0.4, -0.2) is 45.4 Å². The summed E-state index contributed by atoms with van der Waals surface area (Å²) in [5, 5.41) is 4.23. The second-order valence-corrected chi connectivity index (χ2v) is 9.25. The van der Waals surface area contributed by atoms with Crippen LogP contribution in [-0.2, 0) is 10.0 Å². The third-order valence-electron chi connectivity index (χ3n) is 5.09. The second kappa shape index (κ2) is 7.14. The number of benzene rings is 1. The van der Waals surface area contributed by atoms with Crippen molar-refractivity contribution in [1.82, 2.24) is 23.9 Å². The van der Waals surface area contributed by atoms with Crippen molar-refractivity contribution in [2.75, 3.05) is 18.8 Å². The monoisotopic (exact) mass is 400 g/mol. The molecule has 1 aliphatic carbocycles. The minimum atomic E-state index is -3.56. The quantitative estimate of drug-likeness (QED) is 0.653. The first kappa shape index (κ1) is 18.8. The molecule has 0 spiro atoms. The summed E-state index contributed by atoms with van der Waals surface area (Å²) in [5.74, 6) is 0.769. The molecular weight excluding hydrogens is 376 g/mol. The lowest BCUT2D eigenvalue weighted by atomic mass is 10.1. The first-order valence-electron chi connectivity index (χ1n) is 9.47. The first-order valence-corrected chi connectivity index (χ1v) is 10.9. The Balaban J connectivity index is 1.79. The summed E-state index contributed by atoms with van der Waals surface area (Å²) in [7, 11) is -3.56. The summed E-state index contributed by atoms with van der Waals surface area (Å²) in [4.78, 5) is 8.54. The molecule has 9 heteroatoms. The van der Waals surface area contributed by atoms with Crippen molar-refractivity contribution in [2.24, 2.45) is 5.92 Å². The van der Waals surface area contributed by atoms with Gasteiger partial charge in [0.25, 0.3) is 0 Å². The van der Waals surface area contributed by atoms with E-state index in [0.717, 1.165) is 30.4 Å². The normalized spacial score (nSPS) is 14.8. The zero-order chi connectivity index (χ0) is 19.9. The zero-order valence-corrected chi connectivity index (χ0v) is 16.9. The standard InChI is InChI=1S/C19H24N6O2S/c1-3-8-24(11-14-5-6-14)28(26,27)15-7-4-13(2)16(9-15)17-10-21-19-18(20)22-12-23-25(17)19/h4,7,9-10,12,14H,3,5-6,8,11H2,1-2H3,(H2,20,22,23). The summed E-state index contributed by atoms with van der Waals surface area (Å²) in [6.45, 7) is 5.06. The predicted molar refractivity (Wildman–Crippen MR) is 107 cm³/mol. The molecule has 0 atom stereocenters. The lowest BCUT2D eigenvalue weighted by Crippen LogP contribution is -2.33. The Bertz CT molecular complexity index is 1120. The fraction of sp³-hybridized carbons (Fsp3) is 0.421. The number of hydrogen-bond donors (Lipinski definition) is 1. The molecule has 0 amide bonds. The van der Waals surface area contributed by atoms with Crippen LogP contribution in [0.5, 0.6) is 0 Å². The van der Waals surface area contributed by atoms with Crippen LogP contribution in [0.15, 0.2) is 35.6 Å². The van der Waals surface area contributed by atoms with Gasteiger partial charge in [0.15, 0.2) is 11.5 Å². The molecule has 8 nitrogen and oxygen atoms in total. The highest BCUT2D eigenvalue weighted by atomic mass is 32.2. The van der Waals surface area contributed by atoms with Gasteiger partial charge in [0, 0.05) is 18.7 Å². The maximum Gasteiger partial charge on any atom is 0.243 e. The summed E-state index contributed by atoms with van der Waals surface area (Å²) < 4.78 is 29.8. The number of imidazole rings is 1. The predicted octanol–water partition coefficient (Wildman–Crippen LogP) is 2.49. The van der Waals surface area contributed by atoms with Gasteiger partial charge in [-0.15, -0.1) is 0 Å². The van der Waals surface area contributed by atoms with Crippen molar-refractivity contribution in [1.29, 1.82) is 0 Å². The van der Waals surface area contributed by atoms with E-state index in [9.17, 15) is 8.42 Å². The Morgan fingerprint density at radius 1 is 1.29 bits per heavy atom. The van der Waals surface area contributed by atoms with E-state index in [0.29, 0.717) is 35.2 Å². The number of sulfonamides is 1. The van der Waals surface area contributed by atoms with Crippen molar-refractivity contribution in [2.45, 2.75) is 38.0 Å². The molecule has 1 saturated carbocycles. The Labute approximate surface area is 164 Å². The Morgan fingerprint density at radius 3 is 2.79 bits per heavy atom. The van der Waals surface area contributed by atoms with Gasteiger partial charge in [-0.25, -0.2) is 22.9 Å². The molecule has 1 aliphatic rings. The summed E-state index contributed by atoms with van der Waals surface area (Å²) in [5.41, 5.74) is 8.70. The van der Waals surface area contributed by atoms with Crippen LogP contribution in [0.2, 0.25) is 0 Å². The number of anilines is 1. The maximum atomic E-state index is 13.3. The largest absolute Gasteiger partial charge is 0.381 e. The van der Waals surface area contributed by atoms with Gasteiger partial charge >= 0.3 is 0 Å². The summed E-state index contributed by atoms with van der Waals surface area (Å²) in [6, 6.07) is 5.21. The van der Waals surface area contributed by atoms with Crippen LogP contribution in [0.3, 0.4) is 0 Å². The molecule has 2 N–H and O–H groups in total. The van der Waals surface area contributed by atoms with Gasteiger partial charge in [0.1, 0.15) is 6.33 Å². The highest BCUT2D eigenvalue weighted by Gasteiger charge is 2.31. The number of rotatable bonds is 7. The SMILES string of the molecule is CCCN(CC1CC1)S(=O)(=O)c1ccc(C)c(-c2cnc3c(N)ncnn23)c1. The molecule has 3 aromatic rings. The van der Waals surface area contributed by atoms with E-state index in [2.05, 4.69) is 15.1 Å². The number of aryl methyl sites for hydroxylation is 1. The fourth-order valence-corrected chi connectivity index (χ4v) is 4.99. The van der Waals surface area contributed by atoms with Crippen LogP contribution < -0.4 is 5.73 Å². The maximum absolute atomic E-state index is 13.3. The van der Waals surface area contributed by atoms with E-state index < -0.39 is 10.0 Å². The van der Waals surface area contributed by atoms with Gasteiger partial charge in [-0.05, 0) is 49.8 Å². The molecule has 148 valence electrons. The van der Waals surface area contributed by atoms with Gasteiger partial charge < -0.3 is 5.73 Å². The molecule has 0 saturated heterocycles. The molecule has 4 rings (SSSR count). The van der Waals surface area contributed by atoms with Crippen LogP contribution in [0.4, 0.5) is 5.82 Å². The fourth-order valence-electron chi connectivity index (χ4n) is 3.35. The van der Waals surface area contributed by atoms with E-state index in [1.807, 2.05) is 19.9 Å².